The molecule has 0 bridgehead atoms. The highest BCUT2D eigenvalue weighted by Crippen LogP contribution is 2.25. The van der Waals surface area contributed by atoms with E-state index in [-0.39, 0.29) is 11.4 Å². The Balaban J connectivity index is 2.60. The van der Waals surface area contributed by atoms with E-state index in [1.54, 1.807) is 24.3 Å². The molecule has 6 nitrogen and oxygen atoms in total. The molecular formula is C12H9BrN2O4. The molecular weight excluding hydrogens is 316 g/mol. The largest absolute Gasteiger partial charge is 0.493 e. The van der Waals surface area contributed by atoms with Gasteiger partial charge in [-0.25, -0.2) is 4.79 Å². The van der Waals surface area contributed by atoms with Gasteiger partial charge in [0.25, 0.3) is 5.56 Å². The average Bonchev–Trinajstić information content (AvgIpc) is 2.37. The van der Waals surface area contributed by atoms with E-state index in [0.29, 0.717) is 5.56 Å². The summed E-state index contributed by atoms with van der Waals surface area (Å²) < 4.78 is 5.17. The van der Waals surface area contributed by atoms with Gasteiger partial charge in [0.15, 0.2) is 0 Å². The molecule has 2 N–H and O–H groups in total. The van der Waals surface area contributed by atoms with Crippen LogP contribution in [0.2, 0.25) is 0 Å². The van der Waals surface area contributed by atoms with Crippen molar-refractivity contribution in [3.63, 3.8) is 0 Å². The first kappa shape index (κ1) is 13.3. The summed E-state index contributed by atoms with van der Waals surface area (Å²) in [6.07, 6.45) is 0. The van der Waals surface area contributed by atoms with Gasteiger partial charge >= 0.3 is 5.97 Å². The Kier molecular flexibility index (Phi) is 3.66. The van der Waals surface area contributed by atoms with Gasteiger partial charge in [-0.05, 0) is 17.7 Å². The molecule has 0 aliphatic carbocycles. The number of nitrogens with zero attached hydrogens (tertiary/aromatic N) is 1. The Morgan fingerprint density at radius 2 is 2.21 bits per heavy atom. The number of methoxy groups -OCH3 is 1. The van der Waals surface area contributed by atoms with Crippen LogP contribution in [0.1, 0.15) is 10.6 Å². The molecule has 19 heavy (non-hydrogen) atoms. The fourth-order valence-electron chi connectivity index (χ4n) is 1.56. The number of H-pyrrole nitrogens is 1. The number of nitrogens with one attached hydrogen (secondary N) is 1. The van der Waals surface area contributed by atoms with Crippen molar-refractivity contribution in [3.8, 4) is 17.0 Å². The zero-order valence-corrected chi connectivity index (χ0v) is 11.4. The van der Waals surface area contributed by atoms with Crippen LogP contribution in [0.5, 0.6) is 5.88 Å². The van der Waals surface area contributed by atoms with Crippen molar-refractivity contribution < 1.29 is 14.6 Å². The first-order chi connectivity index (χ1) is 9.02. The second-order valence-electron chi connectivity index (χ2n) is 3.62. The number of carbonyl (C=O) groups excluding carboxylic acids is 1. The standard InChI is InChI=1S/C12H9BrN2O4/c1-19-12(18)9-14-10(16)8(11(17)15-9)6-3-2-4-7(13)5-6/h2-5H,1H3,(H2,14,15,16,17). The van der Waals surface area contributed by atoms with Crippen molar-refractivity contribution in [3.05, 3.63) is 44.9 Å². The van der Waals surface area contributed by atoms with E-state index in [1.165, 1.54) is 0 Å². The highest BCUT2D eigenvalue weighted by Gasteiger charge is 2.17. The number of esters is 1. The monoisotopic (exact) mass is 324 g/mol. The molecule has 0 saturated heterocycles. The van der Waals surface area contributed by atoms with Gasteiger partial charge in [-0.3, -0.25) is 4.79 Å². The molecule has 0 amide bonds. The van der Waals surface area contributed by atoms with Gasteiger partial charge < -0.3 is 14.8 Å². The van der Waals surface area contributed by atoms with Crippen molar-refractivity contribution in [1.29, 1.82) is 0 Å². The molecule has 2 aromatic rings. The van der Waals surface area contributed by atoms with E-state index in [2.05, 4.69) is 30.6 Å². The Bertz CT molecular complexity index is 696. The van der Waals surface area contributed by atoms with E-state index in [9.17, 15) is 14.7 Å². The minimum atomic E-state index is -0.826. The quantitative estimate of drug-likeness (QED) is 0.820. The topological polar surface area (TPSA) is 92.3 Å². The lowest BCUT2D eigenvalue weighted by molar-refractivity contribution is 0.0585. The van der Waals surface area contributed by atoms with Crippen LogP contribution in [0.3, 0.4) is 0 Å². The molecule has 0 atom stereocenters. The van der Waals surface area contributed by atoms with Crippen molar-refractivity contribution in [2.45, 2.75) is 0 Å². The van der Waals surface area contributed by atoms with Gasteiger partial charge in [-0.1, -0.05) is 28.1 Å². The lowest BCUT2D eigenvalue weighted by Crippen LogP contribution is -2.18. The third kappa shape index (κ3) is 2.65. The Hall–Kier alpha value is -2.15. The molecule has 0 fully saturated rings. The third-order valence-corrected chi connectivity index (χ3v) is 2.89. The summed E-state index contributed by atoms with van der Waals surface area (Å²) in [7, 11) is 1.15. The summed E-state index contributed by atoms with van der Waals surface area (Å²) in [5.41, 5.74) is -0.142. The van der Waals surface area contributed by atoms with Gasteiger partial charge in [0.05, 0.1) is 7.11 Å². The van der Waals surface area contributed by atoms with E-state index < -0.39 is 17.4 Å². The number of aromatic nitrogens is 2. The smallest absolute Gasteiger partial charge is 0.374 e. The number of ether oxygens (including phenoxy) is 1. The highest BCUT2D eigenvalue weighted by atomic mass is 79.9. The molecule has 0 spiro atoms. The molecule has 1 aromatic carbocycles. The number of hydrogen-bond donors (Lipinski definition) is 2. The normalized spacial score (nSPS) is 10.2. The van der Waals surface area contributed by atoms with Crippen molar-refractivity contribution in [1.82, 2.24) is 9.97 Å². The van der Waals surface area contributed by atoms with Crippen LogP contribution >= 0.6 is 15.9 Å². The molecule has 2 rings (SSSR count). The van der Waals surface area contributed by atoms with Gasteiger partial charge in [0.2, 0.25) is 11.7 Å². The maximum Gasteiger partial charge on any atom is 0.374 e. The van der Waals surface area contributed by atoms with Crippen molar-refractivity contribution in [2.75, 3.05) is 7.11 Å². The van der Waals surface area contributed by atoms with Crippen LogP contribution in [0, 0.1) is 0 Å². The Morgan fingerprint density at radius 1 is 1.47 bits per heavy atom. The molecule has 1 aromatic heterocycles. The number of rotatable bonds is 2. The number of aromatic amines is 1. The first-order valence-corrected chi connectivity index (χ1v) is 5.99. The molecule has 0 unspecified atom stereocenters. The SMILES string of the molecule is COC(=O)c1nc(O)c(-c2cccc(Br)c2)c(=O)[nH]1. The summed E-state index contributed by atoms with van der Waals surface area (Å²) in [6.45, 7) is 0. The maximum atomic E-state index is 11.9. The van der Waals surface area contributed by atoms with E-state index >= 15 is 0 Å². The zero-order valence-electron chi connectivity index (χ0n) is 9.81. The van der Waals surface area contributed by atoms with Crippen LogP contribution in [0.15, 0.2) is 33.5 Å². The fourth-order valence-corrected chi connectivity index (χ4v) is 1.96. The van der Waals surface area contributed by atoms with Crippen LogP contribution in [-0.4, -0.2) is 28.2 Å². The minimum Gasteiger partial charge on any atom is -0.493 e. The second kappa shape index (κ2) is 5.23. The summed E-state index contributed by atoms with van der Waals surface area (Å²) >= 11 is 3.27. The molecule has 98 valence electrons. The zero-order chi connectivity index (χ0) is 14.0. The minimum absolute atomic E-state index is 0.00560. The lowest BCUT2D eigenvalue weighted by atomic mass is 10.1. The summed E-state index contributed by atoms with van der Waals surface area (Å²) in [5, 5.41) is 9.81. The van der Waals surface area contributed by atoms with Crippen LogP contribution < -0.4 is 5.56 Å². The highest BCUT2D eigenvalue weighted by molar-refractivity contribution is 9.10. The molecule has 0 aliphatic heterocycles. The average molecular weight is 325 g/mol. The van der Waals surface area contributed by atoms with Crippen molar-refractivity contribution >= 4 is 21.9 Å². The third-order valence-electron chi connectivity index (χ3n) is 2.39. The predicted octanol–water partition coefficient (Wildman–Crippen LogP) is 1.69. The Morgan fingerprint density at radius 3 is 2.79 bits per heavy atom. The number of carbonyl (C=O) groups is 1. The van der Waals surface area contributed by atoms with E-state index in [0.717, 1.165) is 11.6 Å². The number of hydrogen-bond acceptors (Lipinski definition) is 5. The van der Waals surface area contributed by atoms with E-state index in [4.69, 9.17) is 0 Å². The van der Waals surface area contributed by atoms with Gasteiger partial charge in [0, 0.05) is 4.47 Å². The van der Waals surface area contributed by atoms with E-state index in [1.807, 2.05) is 0 Å². The molecule has 1 heterocycles. The number of halogens is 1. The van der Waals surface area contributed by atoms with Gasteiger partial charge in [0.1, 0.15) is 5.56 Å². The van der Waals surface area contributed by atoms with Gasteiger partial charge in [-0.15, -0.1) is 0 Å². The van der Waals surface area contributed by atoms with Gasteiger partial charge in [-0.2, -0.15) is 4.98 Å². The predicted molar refractivity (Wildman–Crippen MR) is 71.0 cm³/mol. The molecule has 0 saturated carbocycles. The molecule has 0 radical (unpaired) electrons. The first-order valence-electron chi connectivity index (χ1n) is 5.20. The Labute approximate surface area is 116 Å². The summed E-state index contributed by atoms with van der Waals surface area (Å²) in [5.74, 6) is -1.70. The second-order valence-corrected chi connectivity index (χ2v) is 4.53. The van der Waals surface area contributed by atoms with Crippen LogP contribution in [-0.2, 0) is 4.74 Å². The summed E-state index contributed by atoms with van der Waals surface area (Å²) in [6, 6.07) is 6.80. The number of benzene rings is 1. The fraction of sp³-hybridized carbons (Fsp3) is 0.0833. The maximum absolute atomic E-state index is 11.9. The number of aromatic hydroxyl groups is 1. The van der Waals surface area contributed by atoms with Crippen LogP contribution in [0.25, 0.3) is 11.1 Å². The lowest BCUT2D eigenvalue weighted by Gasteiger charge is -2.05. The summed E-state index contributed by atoms with van der Waals surface area (Å²) in [4.78, 5) is 29.1. The molecule has 7 heteroatoms. The van der Waals surface area contributed by atoms with Crippen molar-refractivity contribution in [2.24, 2.45) is 0 Å². The van der Waals surface area contributed by atoms with Crippen LogP contribution in [0.4, 0.5) is 0 Å². The molecule has 0 aliphatic rings.